The van der Waals surface area contributed by atoms with Crippen molar-refractivity contribution in [2.75, 3.05) is 0 Å². The van der Waals surface area contributed by atoms with Crippen molar-refractivity contribution in [2.45, 2.75) is 52.6 Å². The first-order chi connectivity index (χ1) is 6.93. The summed E-state index contributed by atoms with van der Waals surface area (Å²) in [6.07, 6.45) is 4.81. The largest absolute Gasteiger partial charge is 0.462 e. The topological polar surface area (TPSA) is 26.3 Å². The van der Waals surface area contributed by atoms with E-state index in [2.05, 4.69) is 20.8 Å². The van der Waals surface area contributed by atoms with Crippen LogP contribution in [0.3, 0.4) is 0 Å². The standard InChI is InChI=1S/C13H20O2/c1-12(2)7-10-8-4-5-13(12,3)6-9(8)11(14)15-10/h8-10H,4-7H2,1-3H3. The van der Waals surface area contributed by atoms with Crippen LogP contribution in [0.5, 0.6) is 0 Å². The van der Waals surface area contributed by atoms with Crippen LogP contribution in [0.15, 0.2) is 0 Å². The van der Waals surface area contributed by atoms with Crippen LogP contribution in [-0.4, -0.2) is 12.1 Å². The molecule has 15 heavy (non-hydrogen) atoms. The molecule has 84 valence electrons. The lowest BCUT2D eigenvalue weighted by Gasteiger charge is -2.46. The van der Waals surface area contributed by atoms with Crippen LogP contribution in [0.1, 0.15) is 46.5 Å². The molecule has 1 saturated heterocycles. The van der Waals surface area contributed by atoms with Crippen molar-refractivity contribution in [3.8, 4) is 0 Å². The second-order valence-corrected chi connectivity index (χ2v) is 6.64. The summed E-state index contributed by atoms with van der Waals surface area (Å²) >= 11 is 0. The van der Waals surface area contributed by atoms with E-state index in [0.717, 1.165) is 12.8 Å². The van der Waals surface area contributed by atoms with Crippen LogP contribution < -0.4 is 0 Å². The van der Waals surface area contributed by atoms with Gasteiger partial charge in [-0.05, 0) is 36.5 Å². The highest BCUT2D eigenvalue weighted by Gasteiger charge is 2.59. The first-order valence-corrected chi connectivity index (χ1v) is 6.13. The number of carbonyl (C=O) groups excluding carboxylic acids is 1. The Morgan fingerprint density at radius 3 is 2.73 bits per heavy atom. The molecular formula is C13H20O2. The van der Waals surface area contributed by atoms with Gasteiger partial charge in [-0.3, -0.25) is 4.79 Å². The molecule has 1 heterocycles. The lowest BCUT2D eigenvalue weighted by Crippen LogP contribution is -2.40. The first kappa shape index (κ1) is 9.68. The maximum Gasteiger partial charge on any atom is 0.309 e. The zero-order valence-corrected chi connectivity index (χ0v) is 9.88. The van der Waals surface area contributed by atoms with Crippen LogP contribution >= 0.6 is 0 Å². The molecule has 3 saturated carbocycles. The second-order valence-electron chi connectivity index (χ2n) is 6.64. The summed E-state index contributed by atoms with van der Waals surface area (Å²) in [5.41, 5.74) is 0.671. The fourth-order valence-corrected chi connectivity index (χ4v) is 4.01. The SMILES string of the molecule is CC1(C)CC2OC(=O)C3CC1(C)CCC23. The van der Waals surface area contributed by atoms with Crippen LogP contribution in [-0.2, 0) is 9.53 Å². The predicted octanol–water partition coefficient (Wildman–Crippen LogP) is 2.76. The summed E-state index contributed by atoms with van der Waals surface area (Å²) in [6, 6.07) is 0. The van der Waals surface area contributed by atoms with Crippen LogP contribution in [0.4, 0.5) is 0 Å². The lowest BCUT2D eigenvalue weighted by atomic mass is 9.58. The lowest BCUT2D eigenvalue weighted by molar-refractivity contribution is -0.150. The number of carbonyl (C=O) groups is 1. The number of ether oxygens (including phenoxy) is 1. The van der Waals surface area contributed by atoms with Gasteiger partial charge in [0.05, 0.1) is 5.92 Å². The van der Waals surface area contributed by atoms with E-state index in [1.807, 2.05) is 0 Å². The van der Waals surface area contributed by atoms with Gasteiger partial charge >= 0.3 is 5.97 Å². The van der Waals surface area contributed by atoms with Gasteiger partial charge in [0, 0.05) is 5.92 Å². The molecule has 2 nitrogen and oxygen atoms in total. The monoisotopic (exact) mass is 208 g/mol. The summed E-state index contributed by atoms with van der Waals surface area (Å²) in [6.45, 7) is 7.07. The average Bonchev–Trinajstić information content (AvgIpc) is 2.34. The third-order valence-corrected chi connectivity index (χ3v) is 5.61. The molecule has 0 radical (unpaired) electrons. The number of rotatable bonds is 0. The summed E-state index contributed by atoms with van der Waals surface area (Å²) in [5.74, 6) is 0.842. The Balaban J connectivity index is 2.06. The zero-order chi connectivity index (χ0) is 10.8. The zero-order valence-electron chi connectivity index (χ0n) is 9.88. The minimum Gasteiger partial charge on any atom is -0.462 e. The smallest absolute Gasteiger partial charge is 0.309 e. The number of esters is 1. The molecule has 2 heteroatoms. The van der Waals surface area contributed by atoms with Crippen LogP contribution in [0.25, 0.3) is 0 Å². The van der Waals surface area contributed by atoms with E-state index in [1.165, 1.54) is 12.8 Å². The molecule has 0 aromatic carbocycles. The predicted molar refractivity (Wildman–Crippen MR) is 57.2 cm³/mol. The molecule has 4 rings (SSSR count). The van der Waals surface area contributed by atoms with Crippen LogP contribution in [0.2, 0.25) is 0 Å². The van der Waals surface area contributed by atoms with E-state index in [-0.39, 0.29) is 18.0 Å². The van der Waals surface area contributed by atoms with Crippen molar-refractivity contribution in [2.24, 2.45) is 22.7 Å². The van der Waals surface area contributed by atoms with Crippen molar-refractivity contribution in [1.29, 1.82) is 0 Å². The van der Waals surface area contributed by atoms with E-state index in [0.29, 0.717) is 16.7 Å². The highest BCUT2D eigenvalue weighted by Crippen LogP contribution is 2.61. The van der Waals surface area contributed by atoms with Gasteiger partial charge in [-0.1, -0.05) is 20.8 Å². The third-order valence-electron chi connectivity index (χ3n) is 5.61. The summed E-state index contributed by atoms with van der Waals surface area (Å²) in [7, 11) is 0. The Morgan fingerprint density at radius 1 is 1.27 bits per heavy atom. The van der Waals surface area contributed by atoms with Gasteiger partial charge in [-0.2, -0.15) is 0 Å². The maximum atomic E-state index is 11.7. The van der Waals surface area contributed by atoms with Crippen molar-refractivity contribution >= 4 is 5.97 Å². The molecule has 0 aromatic rings. The van der Waals surface area contributed by atoms with Gasteiger partial charge in [0.15, 0.2) is 0 Å². The summed E-state index contributed by atoms with van der Waals surface area (Å²) in [5, 5.41) is 0. The van der Waals surface area contributed by atoms with Gasteiger partial charge in [-0.15, -0.1) is 0 Å². The molecule has 4 fully saturated rings. The molecule has 4 atom stereocenters. The van der Waals surface area contributed by atoms with Gasteiger partial charge in [0.25, 0.3) is 0 Å². The van der Waals surface area contributed by atoms with Crippen LogP contribution in [0, 0.1) is 22.7 Å². The van der Waals surface area contributed by atoms with Gasteiger partial charge in [-0.25, -0.2) is 0 Å². The summed E-state index contributed by atoms with van der Waals surface area (Å²) in [4.78, 5) is 11.7. The van der Waals surface area contributed by atoms with Crippen molar-refractivity contribution in [3.05, 3.63) is 0 Å². The maximum absolute atomic E-state index is 11.7. The van der Waals surface area contributed by atoms with Crippen molar-refractivity contribution in [1.82, 2.24) is 0 Å². The number of hydrogen-bond acceptors (Lipinski definition) is 2. The molecular weight excluding hydrogens is 188 g/mol. The number of hydrogen-bond donors (Lipinski definition) is 0. The third kappa shape index (κ3) is 1.08. The first-order valence-electron chi connectivity index (χ1n) is 6.13. The van der Waals surface area contributed by atoms with Gasteiger partial charge in [0.2, 0.25) is 0 Å². The normalized spacial score (nSPS) is 51.4. The molecule has 1 aliphatic heterocycles. The Bertz CT molecular complexity index is 320. The highest BCUT2D eigenvalue weighted by molar-refractivity contribution is 5.75. The Labute approximate surface area is 91.4 Å². The molecule has 0 N–H and O–H groups in total. The Hall–Kier alpha value is -0.530. The van der Waals surface area contributed by atoms with E-state index in [1.54, 1.807) is 0 Å². The minimum atomic E-state index is 0.0893. The fraction of sp³-hybridized carbons (Fsp3) is 0.923. The molecule has 4 bridgehead atoms. The fourth-order valence-electron chi connectivity index (χ4n) is 4.01. The molecule has 0 aromatic heterocycles. The molecule has 0 spiro atoms. The minimum absolute atomic E-state index is 0.0893. The van der Waals surface area contributed by atoms with E-state index in [4.69, 9.17) is 4.74 Å². The quantitative estimate of drug-likeness (QED) is 0.572. The molecule has 3 aliphatic carbocycles. The van der Waals surface area contributed by atoms with Gasteiger partial charge in [0.1, 0.15) is 6.10 Å². The van der Waals surface area contributed by atoms with Crippen molar-refractivity contribution < 1.29 is 9.53 Å². The highest BCUT2D eigenvalue weighted by atomic mass is 16.6. The van der Waals surface area contributed by atoms with Gasteiger partial charge < -0.3 is 4.74 Å². The molecule has 0 amide bonds. The molecule has 4 unspecified atom stereocenters. The van der Waals surface area contributed by atoms with E-state index < -0.39 is 0 Å². The summed E-state index contributed by atoms with van der Waals surface area (Å²) < 4.78 is 5.54. The van der Waals surface area contributed by atoms with E-state index >= 15 is 0 Å². The second kappa shape index (κ2) is 2.58. The molecule has 4 aliphatic rings. The Morgan fingerprint density at radius 2 is 2.00 bits per heavy atom. The van der Waals surface area contributed by atoms with E-state index in [9.17, 15) is 4.79 Å². The van der Waals surface area contributed by atoms with Crippen molar-refractivity contribution in [3.63, 3.8) is 0 Å². The average molecular weight is 208 g/mol. The Kier molecular flexibility index (Phi) is 1.67. The number of fused-ring (bicyclic) bond motifs is 2.